The Bertz CT molecular complexity index is 670. The van der Waals surface area contributed by atoms with Crippen molar-refractivity contribution in [3.05, 3.63) is 48.4 Å². The third-order valence-electron chi connectivity index (χ3n) is 2.51. The monoisotopic (exact) mass is 295 g/mol. The summed E-state index contributed by atoms with van der Waals surface area (Å²) in [6, 6.07) is 8.74. The van der Waals surface area contributed by atoms with Crippen LogP contribution in [0.1, 0.15) is 6.92 Å². The zero-order valence-corrected chi connectivity index (χ0v) is 11.6. The summed E-state index contributed by atoms with van der Waals surface area (Å²) in [7, 11) is -3.72. The van der Waals surface area contributed by atoms with Crippen molar-refractivity contribution >= 4 is 21.5 Å². The van der Waals surface area contributed by atoms with Crippen molar-refractivity contribution in [3.8, 4) is 0 Å². The average molecular weight is 295 g/mol. The van der Waals surface area contributed by atoms with E-state index in [9.17, 15) is 12.8 Å². The van der Waals surface area contributed by atoms with Gasteiger partial charge in [-0.25, -0.2) is 17.8 Å². The predicted octanol–water partition coefficient (Wildman–Crippen LogP) is 2.45. The van der Waals surface area contributed by atoms with Gasteiger partial charge in [0.2, 0.25) is 0 Å². The lowest BCUT2D eigenvalue weighted by Gasteiger charge is -2.08. The summed E-state index contributed by atoms with van der Waals surface area (Å²) in [6.07, 6.45) is 0.951. The highest BCUT2D eigenvalue weighted by atomic mass is 32.2. The van der Waals surface area contributed by atoms with Crippen LogP contribution in [0.15, 0.2) is 47.5 Å². The summed E-state index contributed by atoms with van der Waals surface area (Å²) in [6.45, 7) is 2.70. The van der Waals surface area contributed by atoms with Crippen molar-refractivity contribution in [1.29, 1.82) is 0 Å². The van der Waals surface area contributed by atoms with E-state index in [-0.39, 0.29) is 10.7 Å². The van der Waals surface area contributed by atoms with Crippen molar-refractivity contribution in [2.24, 2.45) is 0 Å². The van der Waals surface area contributed by atoms with Gasteiger partial charge in [-0.2, -0.15) is 0 Å². The Balaban J connectivity index is 2.19. The van der Waals surface area contributed by atoms with E-state index < -0.39 is 15.8 Å². The molecule has 0 amide bonds. The number of anilines is 2. The molecule has 0 fully saturated rings. The van der Waals surface area contributed by atoms with E-state index in [4.69, 9.17) is 0 Å². The topological polar surface area (TPSA) is 71.1 Å². The van der Waals surface area contributed by atoms with E-state index >= 15 is 0 Å². The van der Waals surface area contributed by atoms with Crippen LogP contribution in [0.4, 0.5) is 15.9 Å². The Kier molecular flexibility index (Phi) is 4.19. The van der Waals surface area contributed by atoms with Gasteiger partial charge in [-0.1, -0.05) is 0 Å². The van der Waals surface area contributed by atoms with Crippen LogP contribution < -0.4 is 10.0 Å². The first-order valence-corrected chi connectivity index (χ1v) is 7.48. The maximum absolute atomic E-state index is 12.7. The van der Waals surface area contributed by atoms with Gasteiger partial charge in [0.25, 0.3) is 10.0 Å². The highest BCUT2D eigenvalue weighted by molar-refractivity contribution is 7.92. The van der Waals surface area contributed by atoms with Gasteiger partial charge < -0.3 is 5.32 Å². The SMILES string of the molecule is CCNc1ccc(S(=O)(=O)Nc2ccc(F)cn2)cc1. The number of hydrogen-bond donors (Lipinski definition) is 2. The molecular weight excluding hydrogens is 281 g/mol. The number of pyridine rings is 1. The van der Waals surface area contributed by atoms with Crippen LogP contribution in [0.2, 0.25) is 0 Å². The Morgan fingerprint density at radius 1 is 1.15 bits per heavy atom. The summed E-state index contributed by atoms with van der Waals surface area (Å²) in [5.41, 5.74) is 0.839. The fraction of sp³-hybridized carbons (Fsp3) is 0.154. The van der Waals surface area contributed by atoms with Crippen LogP contribution in [-0.4, -0.2) is 19.9 Å². The lowest BCUT2D eigenvalue weighted by Crippen LogP contribution is -2.14. The highest BCUT2D eigenvalue weighted by Gasteiger charge is 2.14. The van der Waals surface area contributed by atoms with Gasteiger partial charge in [-0.3, -0.25) is 4.72 Å². The second-order valence-corrected chi connectivity index (χ2v) is 5.70. The first-order chi connectivity index (χ1) is 9.51. The van der Waals surface area contributed by atoms with E-state index in [0.717, 1.165) is 24.5 Å². The third kappa shape index (κ3) is 3.45. The molecule has 0 bridgehead atoms. The zero-order valence-electron chi connectivity index (χ0n) is 10.8. The van der Waals surface area contributed by atoms with Crippen molar-refractivity contribution in [2.45, 2.75) is 11.8 Å². The molecule has 1 aromatic heterocycles. The molecule has 0 saturated carbocycles. The maximum Gasteiger partial charge on any atom is 0.263 e. The fourth-order valence-electron chi connectivity index (χ4n) is 1.59. The van der Waals surface area contributed by atoms with Crippen LogP contribution in [0.25, 0.3) is 0 Å². The minimum Gasteiger partial charge on any atom is -0.385 e. The van der Waals surface area contributed by atoms with Crippen LogP contribution in [0.3, 0.4) is 0 Å². The van der Waals surface area contributed by atoms with Gasteiger partial charge >= 0.3 is 0 Å². The average Bonchev–Trinajstić information content (AvgIpc) is 2.42. The van der Waals surface area contributed by atoms with Gasteiger partial charge in [0.1, 0.15) is 11.6 Å². The molecule has 106 valence electrons. The number of nitrogens with zero attached hydrogens (tertiary/aromatic N) is 1. The Morgan fingerprint density at radius 3 is 2.40 bits per heavy atom. The Labute approximate surface area is 116 Å². The Morgan fingerprint density at radius 2 is 1.85 bits per heavy atom. The second kappa shape index (κ2) is 5.87. The minimum atomic E-state index is -3.72. The summed E-state index contributed by atoms with van der Waals surface area (Å²) in [5, 5.41) is 3.07. The fourth-order valence-corrected chi connectivity index (χ4v) is 2.60. The number of halogens is 1. The number of hydrogen-bond acceptors (Lipinski definition) is 4. The number of rotatable bonds is 5. The molecule has 1 aromatic carbocycles. The molecule has 0 unspecified atom stereocenters. The Hall–Kier alpha value is -2.15. The molecule has 20 heavy (non-hydrogen) atoms. The molecule has 2 aromatic rings. The van der Waals surface area contributed by atoms with Gasteiger partial charge in [0.15, 0.2) is 0 Å². The molecule has 0 saturated heterocycles. The van der Waals surface area contributed by atoms with Crippen molar-refractivity contribution in [2.75, 3.05) is 16.6 Å². The third-order valence-corrected chi connectivity index (χ3v) is 3.88. The van der Waals surface area contributed by atoms with Crippen LogP contribution in [-0.2, 0) is 10.0 Å². The molecule has 0 aliphatic heterocycles. The van der Waals surface area contributed by atoms with Crippen LogP contribution >= 0.6 is 0 Å². The number of benzene rings is 1. The van der Waals surface area contributed by atoms with E-state index in [1.54, 1.807) is 12.1 Å². The van der Waals surface area contributed by atoms with Gasteiger partial charge in [0.05, 0.1) is 11.1 Å². The molecular formula is C13H14FN3O2S. The normalized spacial score (nSPS) is 11.1. The molecule has 0 aliphatic rings. The molecule has 2 rings (SSSR count). The smallest absolute Gasteiger partial charge is 0.263 e. The van der Waals surface area contributed by atoms with Crippen LogP contribution in [0.5, 0.6) is 0 Å². The lowest BCUT2D eigenvalue weighted by molar-refractivity contribution is 0.600. The number of nitrogens with one attached hydrogen (secondary N) is 2. The largest absolute Gasteiger partial charge is 0.385 e. The van der Waals surface area contributed by atoms with Gasteiger partial charge in [0, 0.05) is 12.2 Å². The minimum absolute atomic E-state index is 0.0714. The predicted molar refractivity (Wildman–Crippen MR) is 75.6 cm³/mol. The van der Waals surface area contributed by atoms with Crippen molar-refractivity contribution in [1.82, 2.24) is 4.98 Å². The van der Waals surface area contributed by atoms with Crippen molar-refractivity contribution < 1.29 is 12.8 Å². The first-order valence-electron chi connectivity index (χ1n) is 5.99. The van der Waals surface area contributed by atoms with E-state index in [2.05, 4.69) is 15.0 Å². The standard InChI is InChI=1S/C13H14FN3O2S/c1-2-15-11-4-6-12(7-5-11)20(18,19)17-13-8-3-10(14)9-16-13/h3-9,15H,2H2,1H3,(H,16,17). The molecule has 7 heteroatoms. The van der Waals surface area contributed by atoms with E-state index in [0.29, 0.717) is 0 Å². The molecule has 0 spiro atoms. The molecule has 2 N–H and O–H groups in total. The number of sulfonamides is 1. The van der Waals surface area contributed by atoms with Gasteiger partial charge in [-0.05, 0) is 43.3 Å². The van der Waals surface area contributed by atoms with E-state index in [1.807, 2.05) is 6.92 Å². The first kappa shape index (κ1) is 14.3. The van der Waals surface area contributed by atoms with E-state index in [1.165, 1.54) is 18.2 Å². The van der Waals surface area contributed by atoms with Gasteiger partial charge in [-0.15, -0.1) is 0 Å². The quantitative estimate of drug-likeness (QED) is 0.889. The molecule has 5 nitrogen and oxygen atoms in total. The summed E-state index contributed by atoms with van der Waals surface area (Å²) < 4.78 is 39.2. The summed E-state index contributed by atoms with van der Waals surface area (Å²) >= 11 is 0. The van der Waals surface area contributed by atoms with Crippen LogP contribution in [0, 0.1) is 5.82 Å². The molecule has 1 heterocycles. The second-order valence-electron chi connectivity index (χ2n) is 4.02. The summed E-state index contributed by atoms with van der Waals surface area (Å²) in [5.74, 6) is -0.454. The summed E-state index contributed by atoms with van der Waals surface area (Å²) in [4.78, 5) is 3.77. The lowest BCUT2D eigenvalue weighted by atomic mass is 10.3. The van der Waals surface area contributed by atoms with Crippen molar-refractivity contribution in [3.63, 3.8) is 0 Å². The molecule has 0 radical (unpaired) electrons. The highest BCUT2D eigenvalue weighted by Crippen LogP contribution is 2.17. The number of aromatic nitrogens is 1. The molecule has 0 atom stereocenters. The maximum atomic E-state index is 12.7. The zero-order chi connectivity index (χ0) is 14.6. The molecule has 0 aliphatic carbocycles.